The molecule has 2 aromatic heterocycles. The van der Waals surface area contributed by atoms with E-state index in [0.29, 0.717) is 6.04 Å². The molecule has 1 aliphatic heterocycles. The van der Waals surface area contributed by atoms with Crippen molar-refractivity contribution in [3.63, 3.8) is 0 Å². The zero-order valence-corrected chi connectivity index (χ0v) is 13.2. The van der Waals surface area contributed by atoms with Gasteiger partial charge in [-0.3, -0.25) is 4.98 Å². The van der Waals surface area contributed by atoms with Crippen LogP contribution in [0.4, 0.5) is 0 Å². The lowest BCUT2D eigenvalue weighted by Crippen LogP contribution is -2.20. The first kappa shape index (κ1) is 13.1. The maximum absolute atomic E-state index is 4.76. The fraction of sp³-hybridized carbons (Fsp3) is 0.412. The summed E-state index contributed by atoms with van der Waals surface area (Å²) >= 11 is 2.09. The Morgan fingerprint density at radius 3 is 2.95 bits per heavy atom. The Morgan fingerprint density at radius 1 is 1.24 bits per heavy atom. The van der Waals surface area contributed by atoms with Gasteiger partial charge in [0, 0.05) is 16.7 Å². The molecule has 1 aliphatic rings. The van der Waals surface area contributed by atoms with Crippen LogP contribution in [0.15, 0.2) is 30.5 Å². The monoisotopic (exact) mass is 297 g/mol. The number of thioether (sulfide) groups is 1. The molecule has 0 saturated carbocycles. The molecule has 4 heteroatoms. The van der Waals surface area contributed by atoms with Gasteiger partial charge in [-0.2, -0.15) is 11.8 Å². The van der Waals surface area contributed by atoms with E-state index in [1.807, 2.05) is 12.3 Å². The highest BCUT2D eigenvalue weighted by atomic mass is 32.2. The molecule has 3 nitrogen and oxygen atoms in total. The van der Waals surface area contributed by atoms with Gasteiger partial charge < -0.3 is 4.57 Å². The molecule has 3 heterocycles. The van der Waals surface area contributed by atoms with Crippen molar-refractivity contribution in [3.8, 4) is 0 Å². The summed E-state index contributed by atoms with van der Waals surface area (Å²) in [4.78, 5) is 9.30. The van der Waals surface area contributed by atoms with Gasteiger partial charge in [-0.15, -0.1) is 0 Å². The Bertz CT molecular complexity index is 808. The largest absolute Gasteiger partial charge is 0.324 e. The summed E-state index contributed by atoms with van der Waals surface area (Å²) in [6.07, 6.45) is 4.38. The number of hydrogen-bond acceptors (Lipinski definition) is 3. The van der Waals surface area contributed by atoms with Crippen LogP contribution in [0.25, 0.3) is 21.9 Å². The van der Waals surface area contributed by atoms with Gasteiger partial charge >= 0.3 is 0 Å². The summed E-state index contributed by atoms with van der Waals surface area (Å²) in [5.74, 6) is 2.36. The van der Waals surface area contributed by atoms with Crippen LogP contribution in [0.1, 0.15) is 31.6 Å². The van der Waals surface area contributed by atoms with Crippen molar-refractivity contribution in [2.24, 2.45) is 0 Å². The van der Waals surface area contributed by atoms with Gasteiger partial charge in [-0.1, -0.05) is 25.1 Å². The van der Waals surface area contributed by atoms with E-state index >= 15 is 0 Å². The molecular weight excluding hydrogens is 278 g/mol. The Labute approximate surface area is 128 Å². The molecule has 1 saturated heterocycles. The van der Waals surface area contributed by atoms with E-state index in [-0.39, 0.29) is 0 Å². The summed E-state index contributed by atoms with van der Waals surface area (Å²) in [5, 5.41) is 1.95. The highest BCUT2D eigenvalue weighted by molar-refractivity contribution is 7.99. The van der Waals surface area contributed by atoms with Crippen LogP contribution in [0.2, 0.25) is 0 Å². The van der Waals surface area contributed by atoms with Gasteiger partial charge in [0.2, 0.25) is 0 Å². The van der Waals surface area contributed by atoms with Gasteiger partial charge in [0.1, 0.15) is 11.3 Å². The zero-order chi connectivity index (χ0) is 14.4. The maximum Gasteiger partial charge on any atom is 0.108 e. The quantitative estimate of drug-likeness (QED) is 0.669. The SMILES string of the molecule is Cc1nc2cnc3ccccc3c2n1[C@H]1CCS[C@@H](C)C1. The van der Waals surface area contributed by atoms with Gasteiger partial charge in [0.15, 0.2) is 0 Å². The van der Waals surface area contributed by atoms with Crippen LogP contribution in [0, 0.1) is 6.92 Å². The van der Waals surface area contributed by atoms with Gasteiger partial charge in [-0.25, -0.2) is 4.98 Å². The molecule has 0 unspecified atom stereocenters. The molecule has 108 valence electrons. The van der Waals surface area contributed by atoms with E-state index in [9.17, 15) is 0 Å². The number of aryl methyl sites for hydroxylation is 1. The molecule has 0 amide bonds. The number of hydrogen-bond donors (Lipinski definition) is 0. The van der Waals surface area contributed by atoms with Crippen molar-refractivity contribution in [1.29, 1.82) is 0 Å². The number of benzene rings is 1. The highest BCUT2D eigenvalue weighted by Crippen LogP contribution is 2.36. The van der Waals surface area contributed by atoms with Crippen LogP contribution < -0.4 is 0 Å². The molecule has 1 aromatic carbocycles. The average molecular weight is 297 g/mol. The first-order valence-corrected chi connectivity index (χ1v) is 8.63. The molecular formula is C17H19N3S. The second kappa shape index (κ2) is 5.02. The normalized spacial score (nSPS) is 23.0. The van der Waals surface area contributed by atoms with Crippen molar-refractivity contribution in [2.45, 2.75) is 38.0 Å². The standard InChI is InChI=1S/C17H19N3S/c1-11-9-13(7-8-21-11)20-12(2)19-16-10-18-15-6-4-3-5-14(15)17(16)20/h3-6,10-11,13H,7-9H2,1-2H3/t11-,13-/m0/s1. The van der Waals surface area contributed by atoms with Crippen molar-refractivity contribution < 1.29 is 0 Å². The first-order valence-electron chi connectivity index (χ1n) is 7.58. The fourth-order valence-corrected chi connectivity index (χ4v) is 4.67. The lowest BCUT2D eigenvalue weighted by molar-refractivity contribution is 0.446. The van der Waals surface area contributed by atoms with E-state index in [1.54, 1.807) is 0 Å². The van der Waals surface area contributed by atoms with E-state index in [1.165, 1.54) is 29.5 Å². The van der Waals surface area contributed by atoms with Crippen molar-refractivity contribution in [1.82, 2.24) is 14.5 Å². The van der Waals surface area contributed by atoms with Crippen LogP contribution in [-0.4, -0.2) is 25.5 Å². The van der Waals surface area contributed by atoms with E-state index in [4.69, 9.17) is 4.98 Å². The van der Waals surface area contributed by atoms with Crippen LogP contribution in [-0.2, 0) is 0 Å². The first-order chi connectivity index (χ1) is 10.2. The molecule has 0 radical (unpaired) electrons. The summed E-state index contributed by atoms with van der Waals surface area (Å²) in [5.41, 5.74) is 3.35. The third-order valence-electron chi connectivity index (χ3n) is 4.42. The van der Waals surface area contributed by atoms with Crippen molar-refractivity contribution in [2.75, 3.05) is 5.75 Å². The molecule has 0 spiro atoms. The van der Waals surface area contributed by atoms with Crippen LogP contribution >= 0.6 is 11.8 Å². The minimum absolute atomic E-state index is 0.567. The Kier molecular flexibility index (Phi) is 3.14. The minimum atomic E-state index is 0.567. The number of nitrogens with zero attached hydrogens (tertiary/aromatic N) is 3. The van der Waals surface area contributed by atoms with Crippen molar-refractivity contribution >= 4 is 33.7 Å². The Morgan fingerprint density at radius 2 is 2.10 bits per heavy atom. The fourth-order valence-electron chi connectivity index (χ4n) is 3.50. The molecule has 4 rings (SSSR count). The number of aromatic nitrogens is 3. The number of pyridine rings is 1. The van der Waals surface area contributed by atoms with Gasteiger partial charge in [0.25, 0.3) is 0 Å². The second-order valence-electron chi connectivity index (χ2n) is 5.90. The van der Waals surface area contributed by atoms with E-state index < -0.39 is 0 Å². The summed E-state index contributed by atoms with van der Waals surface area (Å²) in [6.45, 7) is 4.46. The lowest BCUT2D eigenvalue weighted by atomic mass is 10.1. The molecule has 0 aliphatic carbocycles. The predicted octanol–water partition coefficient (Wildman–Crippen LogP) is 4.35. The topological polar surface area (TPSA) is 30.7 Å². The predicted molar refractivity (Wildman–Crippen MR) is 90.0 cm³/mol. The van der Waals surface area contributed by atoms with E-state index in [0.717, 1.165) is 22.1 Å². The number of rotatable bonds is 1. The molecule has 1 fully saturated rings. The van der Waals surface area contributed by atoms with Gasteiger partial charge in [0.05, 0.1) is 17.2 Å². The number of para-hydroxylation sites is 1. The molecule has 2 atom stereocenters. The van der Waals surface area contributed by atoms with Crippen molar-refractivity contribution in [3.05, 3.63) is 36.3 Å². The summed E-state index contributed by atoms with van der Waals surface area (Å²) in [7, 11) is 0. The lowest BCUT2D eigenvalue weighted by Gasteiger charge is -2.29. The molecule has 3 aromatic rings. The van der Waals surface area contributed by atoms with Crippen LogP contribution in [0.5, 0.6) is 0 Å². The second-order valence-corrected chi connectivity index (χ2v) is 7.44. The summed E-state index contributed by atoms with van der Waals surface area (Å²) < 4.78 is 2.47. The zero-order valence-electron chi connectivity index (χ0n) is 12.4. The number of imidazole rings is 1. The highest BCUT2D eigenvalue weighted by Gasteiger charge is 2.24. The smallest absolute Gasteiger partial charge is 0.108 e. The maximum atomic E-state index is 4.76. The third kappa shape index (κ3) is 2.13. The minimum Gasteiger partial charge on any atom is -0.324 e. The Hall–Kier alpha value is -1.55. The van der Waals surface area contributed by atoms with Crippen LogP contribution in [0.3, 0.4) is 0 Å². The molecule has 0 bridgehead atoms. The number of fused-ring (bicyclic) bond motifs is 3. The average Bonchev–Trinajstić information content (AvgIpc) is 2.83. The Balaban J connectivity index is 1.98. The summed E-state index contributed by atoms with van der Waals surface area (Å²) in [6, 6.07) is 8.96. The third-order valence-corrected chi connectivity index (χ3v) is 5.65. The molecule has 21 heavy (non-hydrogen) atoms. The van der Waals surface area contributed by atoms with Gasteiger partial charge in [-0.05, 0) is 31.6 Å². The van der Waals surface area contributed by atoms with E-state index in [2.05, 4.69) is 53.4 Å². The molecule has 0 N–H and O–H groups in total.